The highest BCUT2D eigenvalue weighted by molar-refractivity contribution is 7.80. The second-order valence-electron chi connectivity index (χ2n) is 18.8. The van der Waals surface area contributed by atoms with E-state index in [9.17, 15) is 10.2 Å². The average molecular weight is 1200 g/mol. The number of fused-ring (bicyclic) bond motifs is 4. The molecule has 0 atom stereocenters. The molecule has 4 heterocycles. The van der Waals surface area contributed by atoms with Crippen molar-refractivity contribution in [3.05, 3.63) is 206 Å². The van der Waals surface area contributed by atoms with E-state index in [-0.39, 0.29) is 18.9 Å². The van der Waals surface area contributed by atoms with Crippen molar-refractivity contribution < 1.29 is 19.7 Å². The van der Waals surface area contributed by atoms with Crippen molar-refractivity contribution in [3.8, 4) is 98.7 Å². The van der Waals surface area contributed by atoms with Crippen LogP contribution in [0.4, 0.5) is 11.4 Å². The maximum Gasteiger partial charge on any atom is 0.129 e. The fourth-order valence-electron chi connectivity index (χ4n) is 9.31. The Hall–Kier alpha value is -8.74. The van der Waals surface area contributed by atoms with Crippen molar-refractivity contribution in [2.75, 3.05) is 25.7 Å². The summed E-state index contributed by atoms with van der Waals surface area (Å²) in [5, 5.41) is 23.9. The van der Waals surface area contributed by atoms with Crippen LogP contribution in [-0.2, 0) is 0 Å². The molecule has 4 aromatic heterocycles. The molecule has 0 spiro atoms. The largest absolute Gasteiger partial charge is 0.507 e. The van der Waals surface area contributed by atoms with Gasteiger partial charge in [0.1, 0.15) is 43.0 Å². The van der Waals surface area contributed by atoms with Crippen molar-refractivity contribution in [3.63, 3.8) is 0 Å². The number of thiazole rings is 4. The van der Waals surface area contributed by atoms with E-state index in [2.05, 4.69) is 98.1 Å². The molecular weight excluding hydrogens is 1150 g/mol. The Balaban J connectivity index is 0.000000138. The third-order valence-electron chi connectivity index (χ3n) is 13.5. The molecule has 0 aliphatic rings. The Labute approximate surface area is 506 Å². The van der Waals surface area contributed by atoms with E-state index in [1.165, 1.54) is 0 Å². The number of phenolic OH excluding ortho intramolecular Hbond substituents is 2. The van der Waals surface area contributed by atoms with Crippen molar-refractivity contribution in [1.82, 2.24) is 19.9 Å². The summed E-state index contributed by atoms with van der Waals surface area (Å²) < 4.78 is 15.5. The topological polar surface area (TPSA) is 163 Å². The molecule has 10 aromatic carbocycles. The predicted molar refractivity (Wildman–Crippen MR) is 357 cm³/mol. The van der Waals surface area contributed by atoms with Gasteiger partial charge in [0.15, 0.2) is 0 Å². The molecule has 0 bridgehead atoms. The van der Waals surface area contributed by atoms with Gasteiger partial charge in [-0.1, -0.05) is 92.4 Å². The van der Waals surface area contributed by atoms with Crippen LogP contribution in [0.15, 0.2) is 216 Å². The number of aromatic hydroxyl groups is 2. The number of phenols is 2. The first kappa shape index (κ1) is 56.1. The maximum atomic E-state index is 10.2. The van der Waals surface area contributed by atoms with Gasteiger partial charge in [0.2, 0.25) is 0 Å². The maximum absolute atomic E-state index is 10.2. The van der Waals surface area contributed by atoms with Crippen LogP contribution in [-0.4, -0.2) is 44.4 Å². The molecule has 0 saturated heterocycles. The van der Waals surface area contributed by atoms with Crippen LogP contribution < -0.4 is 20.9 Å². The van der Waals surface area contributed by atoms with Crippen molar-refractivity contribution in [1.29, 1.82) is 0 Å². The molecule has 0 unspecified atom stereocenters. The fraction of sp³-hybridized carbons (Fsp3) is 0.0448. The molecule has 14 rings (SSSR count). The number of nitrogen functional groups attached to an aromatic ring is 2. The number of nitrogens with zero attached hydrogens (tertiary/aromatic N) is 4. The highest BCUT2D eigenvalue weighted by Gasteiger charge is 2.17. The van der Waals surface area contributed by atoms with E-state index >= 15 is 0 Å². The van der Waals surface area contributed by atoms with Gasteiger partial charge in [-0.05, 0) is 155 Å². The number of aromatic nitrogens is 4. The number of para-hydroxylation sites is 4. The lowest BCUT2D eigenvalue weighted by atomic mass is 10.0. The first-order valence-electron chi connectivity index (χ1n) is 25.6. The normalized spacial score (nSPS) is 11.0. The SMILES string of the molecule is C.COc1ccccc1-c1nc2cc(-c3ccc4sc(-c5ccccc5OC)nc4c3)ccc2s1.Nc1cc(-c2ccc(S)c(N)c2)ccc1S.Oc1ccccc1-c1nc2cc(-c3ccc4sc(-c5ccccc5O)nc4c3)ccc2s1. The summed E-state index contributed by atoms with van der Waals surface area (Å²) in [6.45, 7) is 0. The second kappa shape index (κ2) is 24.4. The summed E-state index contributed by atoms with van der Waals surface area (Å²) in [5.41, 5.74) is 26.6. The Morgan fingerprint density at radius 1 is 0.349 bits per heavy atom. The van der Waals surface area contributed by atoms with Gasteiger partial charge in [0.25, 0.3) is 0 Å². The number of hydrogen-bond donors (Lipinski definition) is 6. The number of rotatable bonds is 9. The molecule has 16 heteroatoms. The molecule has 14 aromatic rings. The predicted octanol–water partition coefficient (Wildman–Crippen LogP) is 19.0. The van der Waals surface area contributed by atoms with Crippen LogP contribution in [0.5, 0.6) is 23.0 Å². The summed E-state index contributed by atoms with van der Waals surface area (Å²) in [6, 6.07) is 67.4. The highest BCUT2D eigenvalue weighted by atomic mass is 32.1. The molecule has 0 aliphatic heterocycles. The summed E-state index contributed by atoms with van der Waals surface area (Å²) in [4.78, 5) is 20.9. The number of hydrogen-bond acceptors (Lipinski definition) is 16. The van der Waals surface area contributed by atoms with Crippen molar-refractivity contribution in [2.24, 2.45) is 0 Å². The van der Waals surface area contributed by atoms with Gasteiger partial charge in [-0.25, -0.2) is 19.9 Å². The van der Waals surface area contributed by atoms with E-state index in [1.807, 2.05) is 121 Å². The standard InChI is InChI=1S/C28H20N2O2S2.C26H16N2O2S2.C12H12N2S2.CH4/c1-31-23-9-5-3-7-19(23)27-29-21-15-17(11-13-25(21)33-27)18-12-14-26-22(16-18)30-28(34-26)20-8-4-6-10-24(20)32-2;29-21-7-3-1-5-17(21)25-27-19-13-15(9-11-23(19)31-25)16-10-12-24-20(14-16)28-26(32-24)18-6-2-4-8-22(18)30;13-9-5-7(1-3-11(9)15)8-2-4-12(16)10(14)6-8;/h3-16H,1-2H3;1-14,29-30H;1-6,15-16H,13-14H2;1H4. The first-order valence-corrected chi connectivity index (χ1v) is 29.8. The zero-order valence-electron chi connectivity index (χ0n) is 43.8. The molecule has 0 radical (unpaired) electrons. The Morgan fingerprint density at radius 2 is 0.614 bits per heavy atom. The molecular formula is C67H52N6O4S6. The summed E-state index contributed by atoms with van der Waals surface area (Å²) >= 11 is 15.0. The van der Waals surface area contributed by atoms with Crippen LogP contribution in [0, 0.1) is 0 Å². The average Bonchev–Trinajstić information content (AvgIpc) is 4.38. The quantitative estimate of drug-likeness (QED) is 0.0606. The van der Waals surface area contributed by atoms with Crippen molar-refractivity contribution in [2.45, 2.75) is 17.2 Å². The minimum atomic E-state index is 0. The van der Waals surface area contributed by atoms with E-state index in [1.54, 1.807) is 71.7 Å². The smallest absolute Gasteiger partial charge is 0.129 e. The number of benzene rings is 10. The Morgan fingerprint density at radius 3 is 0.916 bits per heavy atom. The lowest BCUT2D eigenvalue weighted by molar-refractivity contribution is 0.416. The number of anilines is 2. The van der Waals surface area contributed by atoms with Crippen LogP contribution in [0.1, 0.15) is 7.43 Å². The first-order chi connectivity index (χ1) is 40.0. The van der Waals surface area contributed by atoms with E-state index in [0.29, 0.717) is 11.4 Å². The minimum Gasteiger partial charge on any atom is -0.507 e. The Bertz CT molecular complexity index is 4390. The zero-order valence-corrected chi connectivity index (χ0v) is 48.9. The van der Waals surface area contributed by atoms with Gasteiger partial charge in [-0.3, -0.25) is 0 Å². The summed E-state index contributed by atoms with van der Waals surface area (Å²) in [7, 11) is 3.39. The van der Waals surface area contributed by atoms with Gasteiger partial charge < -0.3 is 31.2 Å². The number of methoxy groups -OCH3 is 2. The number of nitrogens with two attached hydrogens (primary N) is 2. The second-order valence-corrected chi connectivity index (χ2v) is 23.9. The number of ether oxygens (including phenoxy) is 2. The van der Waals surface area contributed by atoms with Crippen molar-refractivity contribution >= 4 is 123 Å². The summed E-state index contributed by atoms with van der Waals surface area (Å²) in [6.07, 6.45) is 0. The highest BCUT2D eigenvalue weighted by Crippen LogP contribution is 2.42. The molecule has 0 fully saturated rings. The van der Waals surface area contributed by atoms with Crippen LogP contribution in [0.2, 0.25) is 0 Å². The fourth-order valence-corrected chi connectivity index (χ4v) is 13.5. The Kier molecular flexibility index (Phi) is 16.5. The van der Waals surface area contributed by atoms with E-state index in [0.717, 1.165) is 138 Å². The monoisotopic (exact) mass is 1200 g/mol. The molecule has 0 saturated carbocycles. The van der Waals surface area contributed by atoms with E-state index < -0.39 is 0 Å². The van der Waals surface area contributed by atoms with Gasteiger partial charge in [-0.15, -0.1) is 70.6 Å². The van der Waals surface area contributed by atoms with E-state index in [4.69, 9.17) is 40.9 Å². The number of thiol groups is 2. The third-order valence-corrected chi connectivity index (χ3v) is 18.6. The van der Waals surface area contributed by atoms with Crippen LogP contribution in [0.3, 0.4) is 0 Å². The van der Waals surface area contributed by atoms with Gasteiger partial charge in [-0.2, -0.15) is 0 Å². The summed E-state index contributed by atoms with van der Waals surface area (Å²) in [5.74, 6) is 2.14. The van der Waals surface area contributed by atoms with Gasteiger partial charge >= 0.3 is 0 Å². The van der Waals surface area contributed by atoms with Crippen LogP contribution in [0.25, 0.3) is 117 Å². The molecule has 10 nitrogen and oxygen atoms in total. The lowest BCUT2D eigenvalue weighted by Crippen LogP contribution is -1.90. The van der Waals surface area contributed by atoms with Gasteiger partial charge in [0, 0.05) is 21.2 Å². The minimum absolute atomic E-state index is 0. The molecule has 83 heavy (non-hydrogen) atoms. The van der Waals surface area contributed by atoms with Crippen LogP contribution >= 0.6 is 70.6 Å². The zero-order chi connectivity index (χ0) is 56.4. The third kappa shape index (κ3) is 11.8. The molecule has 0 amide bonds. The molecule has 410 valence electrons. The molecule has 0 aliphatic carbocycles. The van der Waals surface area contributed by atoms with Gasteiger partial charge in [0.05, 0.1) is 77.3 Å². The molecule has 6 N–H and O–H groups in total. The lowest BCUT2D eigenvalue weighted by Gasteiger charge is -2.07.